The molecule has 1 N–H and O–H groups in total. The zero-order chi connectivity index (χ0) is 22.2. The van der Waals surface area contributed by atoms with E-state index in [1.54, 1.807) is 24.3 Å². The van der Waals surface area contributed by atoms with Crippen molar-refractivity contribution in [2.24, 2.45) is 0 Å². The number of aromatic nitrogens is 1. The van der Waals surface area contributed by atoms with E-state index in [0.717, 1.165) is 4.34 Å². The van der Waals surface area contributed by atoms with Crippen molar-refractivity contribution in [3.05, 3.63) is 59.1 Å². The van der Waals surface area contributed by atoms with Gasteiger partial charge < -0.3 is 19.5 Å². The minimum atomic E-state index is -0.225. The van der Waals surface area contributed by atoms with Gasteiger partial charge in [0.25, 0.3) is 0 Å². The van der Waals surface area contributed by atoms with Gasteiger partial charge in [0.1, 0.15) is 0 Å². The average molecular weight is 459 g/mol. The summed E-state index contributed by atoms with van der Waals surface area (Å²) in [6.45, 7) is 0. The number of nitrogens with one attached hydrogen (secondary N) is 1. The summed E-state index contributed by atoms with van der Waals surface area (Å²) in [5.41, 5.74) is 1.85. The number of rotatable bonds is 10. The average Bonchev–Trinajstić information content (AvgIpc) is 3.24. The summed E-state index contributed by atoms with van der Waals surface area (Å²) >= 11 is 2.78. The number of benzene rings is 2. The molecule has 1 amide bonds. The third-order valence-corrected chi connectivity index (χ3v) is 6.31. The number of carbonyl (C=O) groups is 2. The van der Waals surface area contributed by atoms with E-state index in [1.807, 2.05) is 23.6 Å². The summed E-state index contributed by atoms with van der Waals surface area (Å²) in [4.78, 5) is 29.1. The highest BCUT2D eigenvalue weighted by molar-refractivity contribution is 8.01. The molecule has 7 nitrogen and oxygen atoms in total. The Labute approximate surface area is 188 Å². The lowest BCUT2D eigenvalue weighted by atomic mass is 10.2. The number of ketones is 1. The Morgan fingerprint density at radius 3 is 2.32 bits per heavy atom. The van der Waals surface area contributed by atoms with E-state index < -0.39 is 0 Å². The molecule has 31 heavy (non-hydrogen) atoms. The van der Waals surface area contributed by atoms with Crippen LogP contribution in [-0.4, -0.2) is 43.8 Å². The maximum atomic E-state index is 12.5. The Hall–Kier alpha value is -3.04. The van der Waals surface area contributed by atoms with Gasteiger partial charge >= 0.3 is 0 Å². The molecule has 0 atom stereocenters. The standard InChI is InChI=1S/C22H22N2O5S2/c1-27-18-9-15(10-19(28-2)21(18)29-3)23-20(26)11-16-12-30-22(24-16)31-13-17(25)14-7-5-4-6-8-14/h4-10,12H,11,13H2,1-3H3,(H,23,26). The van der Waals surface area contributed by atoms with Gasteiger partial charge in [-0.2, -0.15) is 0 Å². The zero-order valence-corrected chi connectivity index (χ0v) is 19.0. The highest BCUT2D eigenvalue weighted by Crippen LogP contribution is 2.40. The molecule has 0 aliphatic rings. The van der Waals surface area contributed by atoms with Gasteiger partial charge in [0.2, 0.25) is 11.7 Å². The first-order chi connectivity index (χ1) is 15.0. The minimum absolute atomic E-state index is 0.0440. The number of methoxy groups -OCH3 is 3. The molecule has 0 saturated carbocycles. The SMILES string of the molecule is COc1cc(NC(=O)Cc2csc(SCC(=O)c3ccccc3)n2)cc(OC)c1OC. The quantitative estimate of drug-likeness (QED) is 0.357. The largest absolute Gasteiger partial charge is 0.493 e. The Kier molecular flexibility index (Phi) is 7.91. The van der Waals surface area contributed by atoms with Crippen molar-refractivity contribution in [1.82, 2.24) is 4.98 Å². The lowest BCUT2D eigenvalue weighted by molar-refractivity contribution is -0.115. The lowest BCUT2D eigenvalue weighted by Crippen LogP contribution is -2.15. The number of Topliss-reactive ketones (excluding diaryl/α,β-unsaturated/α-hetero) is 1. The molecule has 0 aliphatic carbocycles. The van der Waals surface area contributed by atoms with Crippen molar-refractivity contribution in [2.45, 2.75) is 10.8 Å². The fourth-order valence-electron chi connectivity index (χ4n) is 2.79. The number of thiazole rings is 1. The van der Waals surface area contributed by atoms with E-state index in [2.05, 4.69) is 10.3 Å². The van der Waals surface area contributed by atoms with Crippen molar-refractivity contribution in [1.29, 1.82) is 0 Å². The van der Waals surface area contributed by atoms with Crippen LogP contribution in [0.1, 0.15) is 16.1 Å². The van der Waals surface area contributed by atoms with Crippen LogP contribution in [0, 0.1) is 0 Å². The molecule has 0 saturated heterocycles. The van der Waals surface area contributed by atoms with Gasteiger partial charge in [0.05, 0.1) is 39.2 Å². The van der Waals surface area contributed by atoms with Crippen LogP contribution in [0.4, 0.5) is 5.69 Å². The molecule has 9 heteroatoms. The lowest BCUT2D eigenvalue weighted by Gasteiger charge is -2.14. The molecule has 1 heterocycles. The smallest absolute Gasteiger partial charge is 0.230 e. The molecule has 2 aromatic carbocycles. The number of carbonyl (C=O) groups excluding carboxylic acids is 2. The summed E-state index contributed by atoms with van der Waals surface area (Å²) in [5.74, 6) is 1.47. The second kappa shape index (κ2) is 10.8. The van der Waals surface area contributed by atoms with E-state index >= 15 is 0 Å². The molecule has 162 valence electrons. The molecule has 0 fully saturated rings. The van der Waals surface area contributed by atoms with Crippen molar-refractivity contribution < 1.29 is 23.8 Å². The van der Waals surface area contributed by atoms with Gasteiger partial charge in [0, 0.05) is 28.8 Å². The van der Waals surface area contributed by atoms with Crippen molar-refractivity contribution in [3.8, 4) is 17.2 Å². The van der Waals surface area contributed by atoms with Crippen LogP contribution in [0.3, 0.4) is 0 Å². The molecule has 0 radical (unpaired) electrons. The molecule has 1 aromatic heterocycles. The Balaban J connectivity index is 1.58. The number of anilines is 1. The monoisotopic (exact) mass is 458 g/mol. The molecule has 3 aromatic rings. The highest BCUT2D eigenvalue weighted by atomic mass is 32.2. The minimum Gasteiger partial charge on any atom is -0.493 e. The van der Waals surface area contributed by atoms with E-state index in [0.29, 0.717) is 39.9 Å². The van der Waals surface area contributed by atoms with Crippen molar-refractivity contribution in [2.75, 3.05) is 32.4 Å². The van der Waals surface area contributed by atoms with Gasteiger partial charge in [-0.1, -0.05) is 42.1 Å². The molecule has 0 aliphatic heterocycles. The Bertz CT molecular complexity index is 1030. The fourth-order valence-corrected chi connectivity index (χ4v) is 4.53. The van der Waals surface area contributed by atoms with Gasteiger partial charge in [-0.15, -0.1) is 11.3 Å². The normalized spacial score (nSPS) is 10.4. The number of thioether (sulfide) groups is 1. The molecule has 0 bridgehead atoms. The number of nitrogens with zero attached hydrogens (tertiary/aromatic N) is 1. The number of hydrogen-bond donors (Lipinski definition) is 1. The van der Waals surface area contributed by atoms with Gasteiger partial charge in [-0.3, -0.25) is 9.59 Å². The van der Waals surface area contributed by atoms with Crippen LogP contribution in [0.2, 0.25) is 0 Å². The first-order valence-corrected chi connectivity index (χ1v) is 11.2. The number of hydrogen-bond acceptors (Lipinski definition) is 8. The third-order valence-electron chi connectivity index (χ3n) is 4.24. The molecule has 0 spiro atoms. The summed E-state index contributed by atoms with van der Waals surface area (Å²) < 4.78 is 16.6. The zero-order valence-electron chi connectivity index (χ0n) is 17.3. The van der Waals surface area contributed by atoms with Gasteiger partial charge in [0.15, 0.2) is 21.6 Å². The van der Waals surface area contributed by atoms with E-state index in [9.17, 15) is 9.59 Å². The molecular weight excluding hydrogens is 436 g/mol. The summed E-state index contributed by atoms with van der Waals surface area (Å²) in [5, 5.41) is 4.64. The predicted octanol–water partition coefficient (Wildman–Crippen LogP) is 4.33. The van der Waals surface area contributed by atoms with E-state index in [-0.39, 0.29) is 18.1 Å². The second-order valence-corrected chi connectivity index (χ2v) is 8.40. The fraction of sp³-hybridized carbons (Fsp3) is 0.227. The van der Waals surface area contributed by atoms with Gasteiger partial charge in [-0.05, 0) is 0 Å². The first-order valence-electron chi connectivity index (χ1n) is 9.29. The molecule has 0 unspecified atom stereocenters. The summed E-state index contributed by atoms with van der Waals surface area (Å²) in [6.07, 6.45) is 0.111. The van der Waals surface area contributed by atoms with E-state index in [1.165, 1.54) is 44.4 Å². The summed E-state index contributed by atoms with van der Waals surface area (Å²) in [6, 6.07) is 12.5. The number of amides is 1. The maximum absolute atomic E-state index is 12.5. The van der Waals surface area contributed by atoms with E-state index in [4.69, 9.17) is 14.2 Å². The Morgan fingerprint density at radius 2 is 1.71 bits per heavy atom. The second-order valence-electron chi connectivity index (χ2n) is 6.32. The predicted molar refractivity (Wildman–Crippen MR) is 122 cm³/mol. The van der Waals surface area contributed by atoms with Crippen molar-refractivity contribution in [3.63, 3.8) is 0 Å². The topological polar surface area (TPSA) is 86.8 Å². The van der Waals surface area contributed by atoms with Crippen molar-refractivity contribution >= 4 is 40.5 Å². The summed E-state index contributed by atoms with van der Waals surface area (Å²) in [7, 11) is 4.55. The van der Waals surface area contributed by atoms with Crippen LogP contribution in [0.5, 0.6) is 17.2 Å². The van der Waals surface area contributed by atoms with Crippen LogP contribution in [0.25, 0.3) is 0 Å². The number of ether oxygens (including phenoxy) is 3. The molecule has 3 rings (SSSR count). The molecular formula is C22H22N2O5S2. The van der Waals surface area contributed by atoms with Crippen LogP contribution >= 0.6 is 23.1 Å². The maximum Gasteiger partial charge on any atom is 0.230 e. The van der Waals surface area contributed by atoms with Crippen LogP contribution in [0.15, 0.2) is 52.2 Å². The van der Waals surface area contributed by atoms with Crippen LogP contribution < -0.4 is 19.5 Å². The van der Waals surface area contributed by atoms with Gasteiger partial charge in [-0.25, -0.2) is 4.98 Å². The van der Waals surface area contributed by atoms with Crippen LogP contribution in [-0.2, 0) is 11.2 Å². The first kappa shape index (κ1) is 22.6. The third kappa shape index (κ3) is 5.99. The highest BCUT2D eigenvalue weighted by Gasteiger charge is 2.16. The Morgan fingerprint density at radius 1 is 1.03 bits per heavy atom.